The second kappa shape index (κ2) is 7.25. The van der Waals surface area contributed by atoms with Crippen molar-refractivity contribution in [3.8, 4) is 0 Å². The van der Waals surface area contributed by atoms with Gasteiger partial charge in [-0.05, 0) is 25.2 Å². The first kappa shape index (κ1) is 14.8. The molecule has 1 atom stereocenters. The average Bonchev–Trinajstić information content (AvgIpc) is 3.01. The van der Waals surface area contributed by atoms with Crippen molar-refractivity contribution >= 4 is 28.8 Å². The fourth-order valence-electron chi connectivity index (χ4n) is 2.45. The maximum Gasteiger partial charge on any atom is 0.222 e. The monoisotopic (exact) mass is 300 g/mol. The van der Waals surface area contributed by atoms with Crippen molar-refractivity contribution in [3.05, 3.63) is 16.1 Å². The number of aryl methyl sites for hydroxylation is 1. The van der Waals surface area contributed by atoms with Crippen molar-refractivity contribution in [3.63, 3.8) is 0 Å². The molecule has 1 fully saturated rings. The van der Waals surface area contributed by atoms with Gasteiger partial charge in [-0.15, -0.1) is 22.9 Å². The number of thiazole rings is 1. The fraction of sp³-hybridized carbons (Fsp3) is 0.714. The number of hydrogen-bond donors (Lipinski definition) is 0. The molecule has 5 heteroatoms. The highest BCUT2D eigenvalue weighted by atomic mass is 35.5. The molecule has 1 aromatic rings. The molecular formula is C14H21ClN2OS. The van der Waals surface area contributed by atoms with Crippen LogP contribution < -0.4 is 0 Å². The normalized spacial score (nSPS) is 19.4. The lowest BCUT2D eigenvalue weighted by molar-refractivity contribution is -0.127. The zero-order chi connectivity index (χ0) is 13.7. The van der Waals surface area contributed by atoms with Gasteiger partial charge in [-0.25, -0.2) is 4.98 Å². The Morgan fingerprint density at radius 2 is 2.37 bits per heavy atom. The number of likely N-dealkylation sites (tertiary alicyclic amines) is 1. The van der Waals surface area contributed by atoms with Crippen molar-refractivity contribution in [1.29, 1.82) is 0 Å². The van der Waals surface area contributed by atoms with Crippen molar-refractivity contribution in [2.75, 3.05) is 13.1 Å². The van der Waals surface area contributed by atoms with Gasteiger partial charge < -0.3 is 4.90 Å². The molecular weight excluding hydrogens is 280 g/mol. The smallest absolute Gasteiger partial charge is 0.222 e. The molecule has 1 aliphatic heterocycles. The summed E-state index contributed by atoms with van der Waals surface area (Å²) in [6.45, 7) is 4.03. The minimum Gasteiger partial charge on any atom is -0.342 e. The molecule has 0 aromatic carbocycles. The van der Waals surface area contributed by atoms with Crippen LogP contribution in [0.25, 0.3) is 0 Å². The topological polar surface area (TPSA) is 33.2 Å². The van der Waals surface area contributed by atoms with Gasteiger partial charge in [0, 0.05) is 24.9 Å². The van der Waals surface area contributed by atoms with Gasteiger partial charge in [0.15, 0.2) is 0 Å². The molecule has 0 N–H and O–H groups in total. The first-order chi connectivity index (χ1) is 9.22. The van der Waals surface area contributed by atoms with Crippen LogP contribution in [0, 0.1) is 5.92 Å². The van der Waals surface area contributed by atoms with Crippen molar-refractivity contribution < 1.29 is 4.79 Å². The van der Waals surface area contributed by atoms with E-state index >= 15 is 0 Å². The maximum absolute atomic E-state index is 11.8. The standard InChI is InChI=1S/C14H21ClN2OS/c1-2-11-7-14(18)17(9-11)6-4-3-5-13-16-12(8-15)10-19-13/h10-11H,2-9H2,1H3. The first-order valence-electron chi connectivity index (χ1n) is 7.00. The molecule has 1 aliphatic rings. The number of rotatable bonds is 7. The van der Waals surface area contributed by atoms with Gasteiger partial charge in [0.1, 0.15) is 0 Å². The summed E-state index contributed by atoms with van der Waals surface area (Å²) in [5.74, 6) is 1.42. The predicted molar refractivity (Wildman–Crippen MR) is 79.6 cm³/mol. The minimum atomic E-state index is 0.338. The second-order valence-electron chi connectivity index (χ2n) is 5.14. The van der Waals surface area contributed by atoms with Gasteiger partial charge in [-0.3, -0.25) is 4.79 Å². The lowest BCUT2D eigenvalue weighted by Gasteiger charge is -2.15. The number of unbranched alkanes of at least 4 members (excludes halogenated alkanes) is 1. The summed E-state index contributed by atoms with van der Waals surface area (Å²) >= 11 is 7.42. The summed E-state index contributed by atoms with van der Waals surface area (Å²) in [6, 6.07) is 0. The van der Waals surface area contributed by atoms with Gasteiger partial charge in [-0.2, -0.15) is 0 Å². The Labute approximate surface area is 124 Å². The average molecular weight is 301 g/mol. The highest BCUT2D eigenvalue weighted by molar-refractivity contribution is 7.09. The Morgan fingerprint density at radius 1 is 1.53 bits per heavy atom. The molecule has 1 aromatic heterocycles. The Kier molecular flexibility index (Phi) is 5.64. The number of carbonyl (C=O) groups is 1. The van der Waals surface area contributed by atoms with Crippen LogP contribution >= 0.6 is 22.9 Å². The molecule has 106 valence electrons. The zero-order valence-corrected chi connectivity index (χ0v) is 13.0. The van der Waals surface area contributed by atoms with Crippen LogP contribution in [-0.4, -0.2) is 28.9 Å². The van der Waals surface area contributed by atoms with E-state index in [1.165, 1.54) is 0 Å². The third kappa shape index (κ3) is 4.18. The molecule has 0 bridgehead atoms. The highest BCUT2D eigenvalue weighted by Crippen LogP contribution is 2.21. The Bertz CT molecular complexity index is 421. The molecule has 0 spiro atoms. The Balaban J connectivity index is 1.65. The predicted octanol–water partition coefficient (Wildman–Crippen LogP) is 3.46. The summed E-state index contributed by atoms with van der Waals surface area (Å²) < 4.78 is 0. The van der Waals surface area contributed by atoms with E-state index in [4.69, 9.17) is 11.6 Å². The molecule has 3 nitrogen and oxygen atoms in total. The van der Waals surface area contributed by atoms with E-state index in [0.717, 1.165) is 55.9 Å². The van der Waals surface area contributed by atoms with Gasteiger partial charge in [0.25, 0.3) is 0 Å². The second-order valence-corrected chi connectivity index (χ2v) is 6.35. The van der Waals surface area contributed by atoms with Crippen molar-refractivity contribution in [2.24, 2.45) is 5.92 Å². The lowest BCUT2D eigenvalue weighted by Crippen LogP contribution is -2.26. The summed E-state index contributed by atoms with van der Waals surface area (Å²) in [6.07, 6.45) is 5.03. The van der Waals surface area contributed by atoms with Crippen molar-refractivity contribution in [2.45, 2.75) is 44.9 Å². The third-order valence-electron chi connectivity index (χ3n) is 3.68. The van der Waals surface area contributed by atoms with E-state index < -0.39 is 0 Å². The van der Waals surface area contributed by atoms with Gasteiger partial charge >= 0.3 is 0 Å². The zero-order valence-electron chi connectivity index (χ0n) is 11.4. The molecule has 1 amide bonds. The van der Waals surface area contributed by atoms with Crippen LogP contribution in [0.3, 0.4) is 0 Å². The van der Waals surface area contributed by atoms with Gasteiger partial charge in [0.05, 0.1) is 16.6 Å². The quantitative estimate of drug-likeness (QED) is 0.571. The summed E-state index contributed by atoms with van der Waals surface area (Å²) in [7, 11) is 0. The van der Waals surface area contributed by atoms with E-state index in [1.807, 2.05) is 10.3 Å². The largest absolute Gasteiger partial charge is 0.342 e. The number of carbonyl (C=O) groups excluding carboxylic acids is 1. The SMILES string of the molecule is CCC1CC(=O)N(CCCCc2nc(CCl)cs2)C1. The molecule has 2 heterocycles. The van der Waals surface area contributed by atoms with E-state index in [9.17, 15) is 4.79 Å². The number of amides is 1. The number of alkyl halides is 1. The van der Waals surface area contributed by atoms with Gasteiger partial charge in [-0.1, -0.05) is 13.3 Å². The lowest BCUT2D eigenvalue weighted by atomic mass is 10.1. The highest BCUT2D eigenvalue weighted by Gasteiger charge is 2.27. The summed E-state index contributed by atoms with van der Waals surface area (Å²) in [4.78, 5) is 18.2. The van der Waals surface area contributed by atoms with E-state index in [0.29, 0.717) is 17.7 Å². The number of nitrogens with zero attached hydrogens (tertiary/aromatic N) is 2. The fourth-order valence-corrected chi connectivity index (χ4v) is 3.52. The van der Waals surface area contributed by atoms with Crippen LogP contribution in [0.15, 0.2) is 5.38 Å². The van der Waals surface area contributed by atoms with Crippen LogP contribution in [0.5, 0.6) is 0 Å². The molecule has 1 unspecified atom stereocenters. The molecule has 0 radical (unpaired) electrons. The first-order valence-corrected chi connectivity index (χ1v) is 8.41. The number of hydrogen-bond acceptors (Lipinski definition) is 3. The molecule has 19 heavy (non-hydrogen) atoms. The van der Waals surface area contributed by atoms with Crippen LogP contribution in [0.4, 0.5) is 0 Å². The van der Waals surface area contributed by atoms with E-state index in [-0.39, 0.29) is 0 Å². The van der Waals surface area contributed by atoms with E-state index in [1.54, 1.807) is 11.3 Å². The number of halogens is 1. The third-order valence-corrected chi connectivity index (χ3v) is 4.91. The minimum absolute atomic E-state index is 0.338. The van der Waals surface area contributed by atoms with Crippen LogP contribution in [-0.2, 0) is 17.1 Å². The van der Waals surface area contributed by atoms with E-state index in [2.05, 4.69) is 11.9 Å². The van der Waals surface area contributed by atoms with Crippen LogP contribution in [0.1, 0.15) is 43.3 Å². The Morgan fingerprint density at radius 3 is 3.00 bits per heavy atom. The molecule has 1 saturated heterocycles. The maximum atomic E-state index is 11.8. The molecule has 0 aliphatic carbocycles. The summed E-state index contributed by atoms with van der Waals surface area (Å²) in [5.41, 5.74) is 0.974. The van der Waals surface area contributed by atoms with Crippen molar-refractivity contribution in [1.82, 2.24) is 9.88 Å². The molecule has 2 rings (SSSR count). The number of aromatic nitrogens is 1. The molecule has 0 saturated carbocycles. The summed E-state index contributed by atoms with van der Waals surface area (Å²) in [5, 5.41) is 3.19. The van der Waals surface area contributed by atoms with Crippen LogP contribution in [0.2, 0.25) is 0 Å². The van der Waals surface area contributed by atoms with Gasteiger partial charge in [0.2, 0.25) is 5.91 Å². The Hall–Kier alpha value is -0.610.